The van der Waals surface area contributed by atoms with Crippen LogP contribution in [0.4, 0.5) is 0 Å². The number of rotatable bonds is 4. The number of aromatic nitrogens is 3. The van der Waals surface area contributed by atoms with Crippen LogP contribution in [0.1, 0.15) is 0 Å². The maximum absolute atomic E-state index is 5.12. The number of benzene rings is 6. The summed E-state index contributed by atoms with van der Waals surface area (Å²) in [6.07, 6.45) is 1.87. The number of nitrogens with zero attached hydrogens (tertiary/aromatic N) is 3. The maximum atomic E-state index is 5.12. The molecule has 0 aliphatic heterocycles. The highest BCUT2D eigenvalue weighted by Gasteiger charge is 2.15. The Morgan fingerprint density at radius 3 is 1.71 bits per heavy atom. The molecule has 0 bridgehead atoms. The number of hydrogen-bond acceptors (Lipinski definition) is 3. The number of para-hydroxylation sites is 2. The van der Waals surface area contributed by atoms with Gasteiger partial charge in [-0.2, -0.15) is 0 Å². The molecular formula is C39H25N3. The molecule has 0 unspecified atom stereocenters. The third kappa shape index (κ3) is 4.20. The van der Waals surface area contributed by atoms with Crippen LogP contribution in [0, 0.1) is 0 Å². The Morgan fingerprint density at radius 2 is 0.952 bits per heavy atom. The van der Waals surface area contributed by atoms with E-state index in [1.165, 1.54) is 21.9 Å². The standard InChI is InChI=1S/C39H25N3/c1-2-11-26(12-3-1)38-39(42-36-21-7-6-20-35(36)41-38)30-16-9-14-28(24-30)27-13-8-15-29(23-27)34-25-31-17-10-22-40-37(31)33-19-5-4-18-32(33)34/h1-25H. The monoisotopic (exact) mass is 535 g/mol. The van der Waals surface area contributed by atoms with Crippen LogP contribution in [0.25, 0.3) is 77.5 Å². The maximum Gasteiger partial charge on any atom is 0.0973 e. The summed E-state index contributed by atoms with van der Waals surface area (Å²) in [5.41, 5.74) is 11.3. The summed E-state index contributed by atoms with van der Waals surface area (Å²) in [5.74, 6) is 0. The van der Waals surface area contributed by atoms with Gasteiger partial charge >= 0.3 is 0 Å². The van der Waals surface area contributed by atoms with Gasteiger partial charge in [0.15, 0.2) is 0 Å². The van der Waals surface area contributed by atoms with E-state index in [9.17, 15) is 0 Å². The molecule has 0 saturated carbocycles. The molecule has 0 atom stereocenters. The molecule has 3 nitrogen and oxygen atoms in total. The molecule has 196 valence electrons. The van der Waals surface area contributed by atoms with Gasteiger partial charge < -0.3 is 0 Å². The molecule has 0 spiro atoms. The van der Waals surface area contributed by atoms with Crippen LogP contribution in [0.2, 0.25) is 0 Å². The van der Waals surface area contributed by atoms with Crippen molar-refractivity contribution in [3.8, 4) is 44.8 Å². The topological polar surface area (TPSA) is 38.7 Å². The van der Waals surface area contributed by atoms with Crippen molar-refractivity contribution in [3.63, 3.8) is 0 Å². The molecule has 0 aliphatic rings. The van der Waals surface area contributed by atoms with Gasteiger partial charge in [-0.25, -0.2) is 9.97 Å². The second kappa shape index (κ2) is 10.1. The predicted molar refractivity (Wildman–Crippen MR) is 174 cm³/mol. The zero-order chi connectivity index (χ0) is 27.9. The normalized spacial score (nSPS) is 11.3. The third-order valence-corrected chi connectivity index (χ3v) is 7.87. The minimum atomic E-state index is 0.880. The number of pyridine rings is 1. The van der Waals surface area contributed by atoms with Gasteiger partial charge in [0.1, 0.15) is 0 Å². The van der Waals surface area contributed by atoms with E-state index in [1.807, 2.05) is 54.7 Å². The molecule has 3 heteroatoms. The second-order valence-electron chi connectivity index (χ2n) is 10.5. The van der Waals surface area contributed by atoms with Crippen LogP contribution < -0.4 is 0 Å². The Hall–Kier alpha value is -5.67. The van der Waals surface area contributed by atoms with Crippen LogP contribution in [-0.2, 0) is 0 Å². The number of fused-ring (bicyclic) bond motifs is 4. The summed E-state index contributed by atoms with van der Waals surface area (Å²) in [7, 11) is 0. The quantitative estimate of drug-likeness (QED) is 0.211. The minimum absolute atomic E-state index is 0.880. The van der Waals surface area contributed by atoms with Crippen LogP contribution in [0.3, 0.4) is 0 Å². The average Bonchev–Trinajstić information content (AvgIpc) is 3.08. The molecule has 8 aromatic rings. The van der Waals surface area contributed by atoms with E-state index in [2.05, 4.69) is 102 Å². The largest absolute Gasteiger partial charge is 0.256 e. The van der Waals surface area contributed by atoms with Gasteiger partial charge in [0.25, 0.3) is 0 Å². The first-order valence-electron chi connectivity index (χ1n) is 14.1. The Balaban J connectivity index is 1.28. The summed E-state index contributed by atoms with van der Waals surface area (Å²) in [6.45, 7) is 0. The first-order valence-corrected chi connectivity index (χ1v) is 14.1. The number of hydrogen-bond donors (Lipinski definition) is 0. The van der Waals surface area contributed by atoms with Gasteiger partial charge in [0.05, 0.1) is 27.9 Å². The highest BCUT2D eigenvalue weighted by Crippen LogP contribution is 2.37. The highest BCUT2D eigenvalue weighted by molar-refractivity contribution is 6.12. The molecule has 0 amide bonds. The lowest BCUT2D eigenvalue weighted by molar-refractivity contribution is 1.29. The van der Waals surface area contributed by atoms with E-state index in [4.69, 9.17) is 9.97 Å². The van der Waals surface area contributed by atoms with Crippen LogP contribution in [-0.4, -0.2) is 15.0 Å². The van der Waals surface area contributed by atoms with Crippen molar-refractivity contribution in [1.29, 1.82) is 0 Å². The zero-order valence-electron chi connectivity index (χ0n) is 22.8. The molecule has 0 aliphatic carbocycles. The van der Waals surface area contributed by atoms with E-state index in [0.717, 1.165) is 55.6 Å². The van der Waals surface area contributed by atoms with E-state index in [0.29, 0.717) is 0 Å². The van der Waals surface area contributed by atoms with E-state index in [1.54, 1.807) is 0 Å². The summed E-state index contributed by atoms with van der Waals surface area (Å²) < 4.78 is 0. The molecule has 0 N–H and O–H groups in total. The summed E-state index contributed by atoms with van der Waals surface area (Å²) in [6, 6.07) is 50.8. The predicted octanol–water partition coefficient (Wildman–Crippen LogP) is 10.00. The van der Waals surface area contributed by atoms with Gasteiger partial charge in [-0.1, -0.05) is 109 Å². The van der Waals surface area contributed by atoms with Crippen molar-refractivity contribution in [2.24, 2.45) is 0 Å². The molecule has 0 fully saturated rings. The molecule has 2 aromatic heterocycles. The Kier molecular flexibility index (Phi) is 5.79. The van der Waals surface area contributed by atoms with E-state index < -0.39 is 0 Å². The molecule has 8 rings (SSSR count). The van der Waals surface area contributed by atoms with Gasteiger partial charge in [0, 0.05) is 28.1 Å². The fourth-order valence-corrected chi connectivity index (χ4v) is 5.87. The van der Waals surface area contributed by atoms with Crippen molar-refractivity contribution in [3.05, 3.63) is 152 Å². The smallest absolute Gasteiger partial charge is 0.0973 e. The lowest BCUT2D eigenvalue weighted by atomic mass is 9.92. The SMILES string of the molecule is c1ccc(-c2nc3ccccc3nc2-c2cccc(-c3cccc(-c4cc5cccnc5c5ccccc45)c3)c2)cc1. The molecular weight excluding hydrogens is 510 g/mol. The molecule has 2 heterocycles. The first kappa shape index (κ1) is 24.2. The summed E-state index contributed by atoms with van der Waals surface area (Å²) >= 11 is 0. The zero-order valence-corrected chi connectivity index (χ0v) is 22.8. The van der Waals surface area contributed by atoms with E-state index in [-0.39, 0.29) is 0 Å². The van der Waals surface area contributed by atoms with Gasteiger partial charge in [-0.15, -0.1) is 0 Å². The third-order valence-electron chi connectivity index (χ3n) is 7.87. The van der Waals surface area contributed by atoms with E-state index >= 15 is 0 Å². The summed E-state index contributed by atoms with van der Waals surface area (Å²) in [4.78, 5) is 14.9. The molecule has 0 saturated heterocycles. The summed E-state index contributed by atoms with van der Waals surface area (Å²) in [5, 5.41) is 3.51. The van der Waals surface area contributed by atoms with Crippen molar-refractivity contribution in [2.75, 3.05) is 0 Å². The van der Waals surface area contributed by atoms with Crippen molar-refractivity contribution in [2.45, 2.75) is 0 Å². The van der Waals surface area contributed by atoms with Crippen molar-refractivity contribution in [1.82, 2.24) is 15.0 Å². The van der Waals surface area contributed by atoms with Crippen LogP contribution >= 0.6 is 0 Å². The van der Waals surface area contributed by atoms with Gasteiger partial charge in [-0.3, -0.25) is 4.98 Å². The Labute approximate surface area is 243 Å². The van der Waals surface area contributed by atoms with Crippen molar-refractivity contribution >= 4 is 32.7 Å². The Bertz CT molecular complexity index is 2250. The second-order valence-corrected chi connectivity index (χ2v) is 10.5. The minimum Gasteiger partial charge on any atom is -0.256 e. The van der Waals surface area contributed by atoms with Gasteiger partial charge in [0.2, 0.25) is 0 Å². The van der Waals surface area contributed by atoms with Crippen LogP contribution in [0.15, 0.2) is 152 Å². The lowest BCUT2D eigenvalue weighted by Crippen LogP contribution is -1.95. The fourth-order valence-electron chi connectivity index (χ4n) is 5.87. The highest BCUT2D eigenvalue weighted by atomic mass is 14.8. The fraction of sp³-hybridized carbons (Fsp3) is 0. The molecule has 0 radical (unpaired) electrons. The average molecular weight is 536 g/mol. The Morgan fingerprint density at radius 1 is 0.381 bits per heavy atom. The van der Waals surface area contributed by atoms with Crippen LogP contribution in [0.5, 0.6) is 0 Å². The van der Waals surface area contributed by atoms with Gasteiger partial charge in [-0.05, 0) is 64.0 Å². The lowest BCUT2D eigenvalue weighted by Gasteiger charge is -2.13. The molecule has 6 aromatic carbocycles. The molecule has 42 heavy (non-hydrogen) atoms. The van der Waals surface area contributed by atoms with Crippen molar-refractivity contribution < 1.29 is 0 Å². The first-order chi connectivity index (χ1) is 20.8.